The highest BCUT2D eigenvalue weighted by molar-refractivity contribution is 5.20. The average molecular weight is 227 g/mol. The molecule has 0 amide bonds. The number of pyridine rings is 1. The summed E-state index contributed by atoms with van der Waals surface area (Å²) < 4.78 is 5.63. The molecule has 0 N–H and O–H groups in total. The molecule has 2 rings (SSSR count). The molecule has 0 aliphatic carbocycles. The van der Waals surface area contributed by atoms with Gasteiger partial charge < -0.3 is 4.74 Å². The second-order valence-electron chi connectivity index (χ2n) is 3.97. The van der Waals surface area contributed by atoms with Gasteiger partial charge in [0, 0.05) is 12.4 Å². The number of ether oxygens (including phenoxy) is 1. The third-order valence-corrected chi connectivity index (χ3v) is 2.62. The van der Waals surface area contributed by atoms with E-state index in [4.69, 9.17) is 4.74 Å². The molecule has 0 aliphatic rings. The van der Waals surface area contributed by atoms with Crippen LogP contribution in [0.4, 0.5) is 0 Å². The Kier molecular flexibility index (Phi) is 4.58. The molecule has 1 heterocycles. The third kappa shape index (κ3) is 4.27. The van der Waals surface area contributed by atoms with Crippen molar-refractivity contribution in [2.45, 2.75) is 19.3 Å². The van der Waals surface area contributed by atoms with Crippen molar-refractivity contribution in [1.29, 1.82) is 0 Å². The Morgan fingerprint density at radius 3 is 2.41 bits per heavy atom. The Hall–Kier alpha value is -1.83. The zero-order chi connectivity index (χ0) is 11.8. The van der Waals surface area contributed by atoms with Crippen LogP contribution in [0.5, 0.6) is 5.75 Å². The van der Waals surface area contributed by atoms with Crippen LogP contribution in [0.3, 0.4) is 0 Å². The summed E-state index contributed by atoms with van der Waals surface area (Å²) in [5, 5.41) is 0. The van der Waals surface area contributed by atoms with Crippen molar-refractivity contribution in [1.82, 2.24) is 4.98 Å². The fraction of sp³-hybridized carbons (Fsp3) is 0.267. The van der Waals surface area contributed by atoms with Gasteiger partial charge in [0.25, 0.3) is 0 Å². The minimum atomic E-state index is 0.787. The molecule has 0 spiro atoms. The second kappa shape index (κ2) is 6.69. The van der Waals surface area contributed by atoms with Crippen LogP contribution >= 0.6 is 0 Å². The summed E-state index contributed by atoms with van der Waals surface area (Å²) in [5.41, 5.74) is 1.35. The maximum absolute atomic E-state index is 5.63. The Bertz CT molecular complexity index is 372. The van der Waals surface area contributed by atoms with Crippen molar-refractivity contribution < 1.29 is 4.74 Å². The fourth-order valence-electron chi connectivity index (χ4n) is 1.69. The lowest BCUT2D eigenvalue weighted by molar-refractivity contribution is 0.307. The summed E-state index contributed by atoms with van der Waals surface area (Å²) >= 11 is 0. The highest BCUT2D eigenvalue weighted by Gasteiger charge is 1.94. The first-order chi connectivity index (χ1) is 8.45. The third-order valence-electron chi connectivity index (χ3n) is 2.62. The molecular formula is C15H17NO. The Morgan fingerprint density at radius 1 is 0.882 bits per heavy atom. The molecule has 2 nitrogen and oxygen atoms in total. The quantitative estimate of drug-likeness (QED) is 0.705. The van der Waals surface area contributed by atoms with Crippen LogP contribution < -0.4 is 4.74 Å². The number of benzene rings is 1. The lowest BCUT2D eigenvalue weighted by Crippen LogP contribution is -1.98. The van der Waals surface area contributed by atoms with E-state index in [9.17, 15) is 0 Å². The number of unbranched alkanes of at least 4 members (excludes halogenated alkanes) is 1. The zero-order valence-electron chi connectivity index (χ0n) is 9.88. The van der Waals surface area contributed by atoms with E-state index < -0.39 is 0 Å². The molecule has 0 saturated heterocycles. The molecule has 0 atom stereocenters. The maximum Gasteiger partial charge on any atom is 0.119 e. The standard InChI is InChI=1S/C15H17NO/c1-2-7-15(8-3-1)17-13-5-4-6-14-9-11-16-12-10-14/h1-3,7-12H,4-6,13H2. The van der Waals surface area contributed by atoms with Gasteiger partial charge in [-0.1, -0.05) is 18.2 Å². The Morgan fingerprint density at radius 2 is 1.65 bits per heavy atom. The lowest BCUT2D eigenvalue weighted by Gasteiger charge is -2.05. The van der Waals surface area contributed by atoms with Gasteiger partial charge in [0.1, 0.15) is 5.75 Å². The van der Waals surface area contributed by atoms with Crippen LogP contribution in [0.2, 0.25) is 0 Å². The number of para-hydroxylation sites is 1. The fourth-order valence-corrected chi connectivity index (χ4v) is 1.69. The van der Waals surface area contributed by atoms with Crippen LogP contribution in [-0.2, 0) is 6.42 Å². The summed E-state index contributed by atoms with van der Waals surface area (Å²) in [7, 11) is 0. The van der Waals surface area contributed by atoms with Crippen LogP contribution in [0.25, 0.3) is 0 Å². The number of hydrogen-bond donors (Lipinski definition) is 0. The molecule has 0 unspecified atom stereocenters. The normalized spacial score (nSPS) is 10.1. The van der Waals surface area contributed by atoms with E-state index in [-0.39, 0.29) is 0 Å². The van der Waals surface area contributed by atoms with Gasteiger partial charge in [0.15, 0.2) is 0 Å². The smallest absolute Gasteiger partial charge is 0.119 e. The first-order valence-corrected chi connectivity index (χ1v) is 6.02. The van der Waals surface area contributed by atoms with Crippen molar-refractivity contribution in [3.8, 4) is 5.75 Å². The van der Waals surface area contributed by atoms with Crippen molar-refractivity contribution >= 4 is 0 Å². The van der Waals surface area contributed by atoms with Crippen molar-refractivity contribution in [2.24, 2.45) is 0 Å². The monoisotopic (exact) mass is 227 g/mol. The summed E-state index contributed by atoms with van der Waals surface area (Å²) in [6, 6.07) is 14.1. The van der Waals surface area contributed by atoms with E-state index in [1.165, 1.54) is 5.56 Å². The first kappa shape index (κ1) is 11.6. The highest BCUT2D eigenvalue weighted by atomic mass is 16.5. The molecular weight excluding hydrogens is 210 g/mol. The topological polar surface area (TPSA) is 22.1 Å². The van der Waals surface area contributed by atoms with Gasteiger partial charge in [-0.2, -0.15) is 0 Å². The summed E-state index contributed by atoms with van der Waals surface area (Å²) in [6.07, 6.45) is 7.01. The Balaban J connectivity index is 1.61. The van der Waals surface area contributed by atoms with Crippen molar-refractivity contribution in [2.75, 3.05) is 6.61 Å². The van der Waals surface area contributed by atoms with Gasteiger partial charge in [-0.3, -0.25) is 4.98 Å². The van der Waals surface area contributed by atoms with Crippen molar-refractivity contribution in [3.63, 3.8) is 0 Å². The number of hydrogen-bond acceptors (Lipinski definition) is 2. The molecule has 0 fully saturated rings. The number of rotatable bonds is 6. The maximum atomic E-state index is 5.63. The zero-order valence-corrected chi connectivity index (χ0v) is 9.88. The average Bonchev–Trinajstić information content (AvgIpc) is 2.41. The Labute approximate surface area is 102 Å². The summed E-state index contributed by atoms with van der Waals surface area (Å²) in [5.74, 6) is 0.955. The predicted octanol–water partition coefficient (Wildman–Crippen LogP) is 3.48. The molecule has 0 bridgehead atoms. The largest absolute Gasteiger partial charge is 0.494 e. The van der Waals surface area contributed by atoms with Gasteiger partial charge in [-0.25, -0.2) is 0 Å². The summed E-state index contributed by atoms with van der Waals surface area (Å²) in [4.78, 5) is 4.00. The van der Waals surface area contributed by atoms with Gasteiger partial charge in [-0.05, 0) is 49.1 Å². The molecule has 2 heteroatoms. The number of aryl methyl sites for hydroxylation is 1. The molecule has 88 valence electrons. The molecule has 0 aliphatic heterocycles. The van der Waals surface area contributed by atoms with Crippen molar-refractivity contribution in [3.05, 3.63) is 60.4 Å². The minimum Gasteiger partial charge on any atom is -0.494 e. The van der Waals surface area contributed by atoms with Gasteiger partial charge in [0.2, 0.25) is 0 Å². The van der Waals surface area contributed by atoms with E-state index in [0.29, 0.717) is 0 Å². The van der Waals surface area contributed by atoms with Crippen LogP contribution in [0.15, 0.2) is 54.9 Å². The first-order valence-electron chi connectivity index (χ1n) is 6.02. The molecule has 0 saturated carbocycles. The number of nitrogens with zero attached hydrogens (tertiary/aromatic N) is 1. The molecule has 17 heavy (non-hydrogen) atoms. The molecule has 1 aromatic carbocycles. The van der Waals surface area contributed by atoms with Crippen LogP contribution in [0.1, 0.15) is 18.4 Å². The van der Waals surface area contributed by atoms with E-state index in [1.807, 2.05) is 42.7 Å². The van der Waals surface area contributed by atoms with Gasteiger partial charge in [-0.15, -0.1) is 0 Å². The van der Waals surface area contributed by atoms with Crippen LogP contribution in [0, 0.1) is 0 Å². The minimum absolute atomic E-state index is 0.787. The van der Waals surface area contributed by atoms with Crippen LogP contribution in [-0.4, -0.2) is 11.6 Å². The number of aromatic nitrogens is 1. The SMILES string of the molecule is c1ccc(OCCCCc2ccncc2)cc1. The molecule has 2 aromatic rings. The van der Waals surface area contributed by atoms with Gasteiger partial charge >= 0.3 is 0 Å². The highest BCUT2D eigenvalue weighted by Crippen LogP contribution is 2.09. The molecule has 0 radical (unpaired) electrons. The van der Waals surface area contributed by atoms with E-state index in [2.05, 4.69) is 17.1 Å². The van der Waals surface area contributed by atoms with E-state index in [1.54, 1.807) is 0 Å². The van der Waals surface area contributed by atoms with Gasteiger partial charge in [0.05, 0.1) is 6.61 Å². The molecule has 1 aromatic heterocycles. The lowest BCUT2D eigenvalue weighted by atomic mass is 10.1. The van der Waals surface area contributed by atoms with E-state index in [0.717, 1.165) is 31.6 Å². The second-order valence-corrected chi connectivity index (χ2v) is 3.97. The van der Waals surface area contributed by atoms with E-state index >= 15 is 0 Å². The summed E-state index contributed by atoms with van der Waals surface area (Å²) in [6.45, 7) is 0.787. The predicted molar refractivity (Wildman–Crippen MR) is 69.1 cm³/mol.